The summed E-state index contributed by atoms with van der Waals surface area (Å²) in [6.07, 6.45) is -0.705. The van der Waals surface area contributed by atoms with E-state index in [4.69, 9.17) is 32.7 Å². The highest BCUT2D eigenvalue weighted by molar-refractivity contribution is 7.92. The van der Waals surface area contributed by atoms with Crippen LogP contribution < -0.4 is 9.62 Å². The number of nitrogens with one attached hydrogen (secondary N) is 1. The molecule has 42 heavy (non-hydrogen) atoms. The van der Waals surface area contributed by atoms with Crippen molar-refractivity contribution < 1.29 is 32.3 Å². The Labute approximate surface area is 255 Å². The molecule has 0 aliphatic rings. The minimum atomic E-state index is -4.39. The SMILES string of the molecule is CN(CC(=O)Nc1cccc(S(=O)(=O)N(CC(=O)OC(C)(C)C)c2cc(Cl)cc(Cl)c2)c1)C(=O)OCc1ccccc1. The molecule has 13 heteroatoms. The number of sulfonamides is 1. The minimum absolute atomic E-state index is 0.0448. The van der Waals surface area contributed by atoms with Gasteiger partial charge in [0.25, 0.3) is 10.0 Å². The first-order valence-electron chi connectivity index (χ1n) is 12.7. The van der Waals surface area contributed by atoms with Crippen molar-refractivity contribution >= 4 is 62.6 Å². The predicted octanol–water partition coefficient (Wildman–Crippen LogP) is 5.74. The number of anilines is 2. The molecule has 1 N–H and O–H groups in total. The van der Waals surface area contributed by atoms with E-state index < -0.39 is 40.1 Å². The lowest BCUT2D eigenvalue weighted by Gasteiger charge is -2.27. The molecule has 0 saturated heterocycles. The molecule has 0 heterocycles. The number of hydrogen-bond acceptors (Lipinski definition) is 7. The Bertz CT molecular complexity index is 1520. The Morgan fingerprint density at radius 2 is 1.52 bits per heavy atom. The van der Waals surface area contributed by atoms with Crippen molar-refractivity contribution in [2.75, 3.05) is 29.8 Å². The summed E-state index contributed by atoms with van der Waals surface area (Å²) in [6, 6.07) is 18.7. The summed E-state index contributed by atoms with van der Waals surface area (Å²) in [6.45, 7) is 4.01. The number of rotatable bonds is 10. The van der Waals surface area contributed by atoms with E-state index in [0.717, 1.165) is 14.8 Å². The first kappa shape index (κ1) is 32.7. The maximum atomic E-state index is 13.8. The molecule has 0 saturated carbocycles. The van der Waals surface area contributed by atoms with E-state index in [1.54, 1.807) is 32.9 Å². The minimum Gasteiger partial charge on any atom is -0.459 e. The van der Waals surface area contributed by atoms with Crippen LogP contribution in [-0.2, 0) is 35.7 Å². The quantitative estimate of drug-likeness (QED) is 0.282. The molecule has 0 unspecified atom stereocenters. The summed E-state index contributed by atoms with van der Waals surface area (Å²) in [5.41, 5.74) is 0.128. The number of esters is 1. The van der Waals surface area contributed by atoms with Gasteiger partial charge in [-0.1, -0.05) is 59.6 Å². The largest absolute Gasteiger partial charge is 0.459 e. The highest BCUT2D eigenvalue weighted by Gasteiger charge is 2.30. The van der Waals surface area contributed by atoms with Crippen molar-refractivity contribution in [3.05, 3.63) is 88.4 Å². The van der Waals surface area contributed by atoms with Crippen LogP contribution in [0.3, 0.4) is 0 Å². The third kappa shape index (κ3) is 9.64. The van der Waals surface area contributed by atoms with Crippen LogP contribution >= 0.6 is 23.2 Å². The van der Waals surface area contributed by atoms with Gasteiger partial charge in [-0.3, -0.25) is 13.9 Å². The summed E-state index contributed by atoms with van der Waals surface area (Å²) in [5.74, 6) is -1.38. The lowest BCUT2D eigenvalue weighted by Crippen LogP contribution is -2.39. The highest BCUT2D eigenvalue weighted by Crippen LogP contribution is 2.30. The fourth-order valence-electron chi connectivity index (χ4n) is 3.66. The summed E-state index contributed by atoms with van der Waals surface area (Å²) < 4.78 is 39.0. The normalized spacial score (nSPS) is 11.4. The third-order valence-corrected chi connectivity index (χ3v) is 7.64. The van der Waals surface area contributed by atoms with Gasteiger partial charge in [0, 0.05) is 22.8 Å². The standard InChI is InChI=1S/C29H31Cl2N3O7S/c1-29(2,3)41-27(36)18-34(24-14-21(30)13-22(31)15-24)42(38,39)25-12-8-11-23(16-25)32-26(35)17-33(4)28(37)40-19-20-9-6-5-7-10-20/h5-16H,17-19H2,1-4H3,(H,32,35). The van der Waals surface area contributed by atoms with Crippen molar-refractivity contribution in [2.24, 2.45) is 0 Å². The van der Waals surface area contributed by atoms with E-state index in [9.17, 15) is 22.8 Å². The van der Waals surface area contributed by atoms with E-state index in [1.807, 2.05) is 18.2 Å². The van der Waals surface area contributed by atoms with E-state index in [1.165, 1.54) is 49.5 Å². The van der Waals surface area contributed by atoms with E-state index in [2.05, 4.69) is 5.32 Å². The molecule has 0 bridgehead atoms. The third-order valence-electron chi connectivity index (χ3n) is 5.43. The molecular formula is C29H31Cl2N3O7S. The Balaban J connectivity index is 1.77. The van der Waals surface area contributed by atoms with Gasteiger partial charge in [0.2, 0.25) is 5.91 Å². The maximum Gasteiger partial charge on any atom is 0.410 e. The van der Waals surface area contributed by atoms with Gasteiger partial charge in [-0.05, 0) is 62.7 Å². The second kappa shape index (κ2) is 13.9. The van der Waals surface area contributed by atoms with Crippen molar-refractivity contribution in [1.29, 1.82) is 0 Å². The number of carbonyl (C=O) groups is 3. The van der Waals surface area contributed by atoms with Crippen molar-refractivity contribution in [1.82, 2.24) is 4.90 Å². The molecule has 0 radical (unpaired) electrons. The molecule has 0 fully saturated rings. The number of halogens is 2. The Morgan fingerprint density at radius 3 is 2.14 bits per heavy atom. The van der Waals surface area contributed by atoms with Gasteiger partial charge >= 0.3 is 12.1 Å². The van der Waals surface area contributed by atoms with Crippen LogP contribution in [0.5, 0.6) is 0 Å². The van der Waals surface area contributed by atoms with Gasteiger partial charge in [0.05, 0.1) is 10.6 Å². The van der Waals surface area contributed by atoms with Gasteiger partial charge in [-0.25, -0.2) is 13.2 Å². The second-order valence-electron chi connectivity index (χ2n) is 10.2. The fraction of sp³-hybridized carbons (Fsp3) is 0.276. The van der Waals surface area contributed by atoms with Gasteiger partial charge in [-0.15, -0.1) is 0 Å². The lowest BCUT2D eigenvalue weighted by atomic mass is 10.2. The van der Waals surface area contributed by atoms with Crippen LogP contribution in [0.25, 0.3) is 0 Å². The van der Waals surface area contributed by atoms with Gasteiger partial charge in [-0.2, -0.15) is 0 Å². The number of amides is 2. The van der Waals surface area contributed by atoms with Crippen molar-refractivity contribution in [3.8, 4) is 0 Å². The molecule has 3 rings (SSSR count). The van der Waals surface area contributed by atoms with Crippen LogP contribution in [-0.4, -0.2) is 57.0 Å². The first-order chi connectivity index (χ1) is 19.6. The summed E-state index contributed by atoms with van der Waals surface area (Å²) >= 11 is 12.2. The van der Waals surface area contributed by atoms with Crippen LogP contribution in [0, 0.1) is 0 Å². The van der Waals surface area contributed by atoms with Gasteiger partial charge in [0.15, 0.2) is 0 Å². The molecule has 2 amide bonds. The van der Waals surface area contributed by atoms with E-state index >= 15 is 0 Å². The number of likely N-dealkylation sites (N-methyl/N-ethyl adjacent to an activating group) is 1. The topological polar surface area (TPSA) is 122 Å². The number of ether oxygens (including phenoxy) is 2. The molecular weight excluding hydrogens is 605 g/mol. The zero-order valence-corrected chi connectivity index (χ0v) is 25.8. The average molecular weight is 637 g/mol. The Morgan fingerprint density at radius 1 is 0.881 bits per heavy atom. The highest BCUT2D eigenvalue weighted by atomic mass is 35.5. The smallest absolute Gasteiger partial charge is 0.410 e. The molecule has 10 nitrogen and oxygen atoms in total. The lowest BCUT2D eigenvalue weighted by molar-refractivity contribution is -0.152. The number of carbonyl (C=O) groups excluding carboxylic acids is 3. The molecule has 3 aromatic rings. The Kier molecular flexibility index (Phi) is 10.8. The van der Waals surface area contributed by atoms with Crippen LogP contribution in [0.2, 0.25) is 10.0 Å². The van der Waals surface area contributed by atoms with Gasteiger partial charge < -0.3 is 19.7 Å². The molecule has 0 aliphatic heterocycles. The molecule has 0 spiro atoms. The van der Waals surface area contributed by atoms with Crippen LogP contribution in [0.4, 0.5) is 16.2 Å². The summed E-state index contributed by atoms with van der Waals surface area (Å²) in [7, 11) is -2.99. The second-order valence-corrected chi connectivity index (χ2v) is 12.9. The van der Waals surface area contributed by atoms with Crippen LogP contribution in [0.15, 0.2) is 77.7 Å². The van der Waals surface area contributed by atoms with Crippen molar-refractivity contribution in [2.45, 2.75) is 37.9 Å². The molecule has 3 aromatic carbocycles. The van der Waals surface area contributed by atoms with E-state index in [-0.39, 0.29) is 39.5 Å². The number of benzene rings is 3. The number of hydrogen-bond donors (Lipinski definition) is 1. The monoisotopic (exact) mass is 635 g/mol. The van der Waals surface area contributed by atoms with Crippen LogP contribution in [0.1, 0.15) is 26.3 Å². The van der Waals surface area contributed by atoms with Crippen molar-refractivity contribution in [3.63, 3.8) is 0 Å². The molecule has 224 valence electrons. The molecule has 0 aliphatic carbocycles. The molecule has 0 aromatic heterocycles. The molecule has 0 atom stereocenters. The van der Waals surface area contributed by atoms with Gasteiger partial charge in [0.1, 0.15) is 25.3 Å². The van der Waals surface area contributed by atoms with E-state index in [0.29, 0.717) is 0 Å². The summed E-state index contributed by atoms with van der Waals surface area (Å²) in [5, 5.41) is 2.90. The Hall–Kier alpha value is -3.80. The number of nitrogens with zero attached hydrogens (tertiary/aromatic N) is 2. The zero-order chi connectivity index (χ0) is 31.1. The zero-order valence-electron chi connectivity index (χ0n) is 23.5. The summed E-state index contributed by atoms with van der Waals surface area (Å²) in [4.78, 5) is 38.5. The average Bonchev–Trinajstić information content (AvgIpc) is 2.89. The maximum absolute atomic E-state index is 13.8. The first-order valence-corrected chi connectivity index (χ1v) is 14.9. The predicted molar refractivity (Wildman–Crippen MR) is 161 cm³/mol. The fourth-order valence-corrected chi connectivity index (χ4v) is 5.61.